The molecule has 4 atom stereocenters. The van der Waals surface area contributed by atoms with Crippen molar-refractivity contribution >= 4 is 49.7 Å². The molecule has 0 N–H and O–H groups in total. The summed E-state index contributed by atoms with van der Waals surface area (Å²) >= 11 is 0. The maximum atomic E-state index is 14.6. The molecule has 0 radical (unpaired) electrons. The number of carbonyl (C=O) groups excluding carboxylic acids is 5. The quantitative estimate of drug-likeness (QED) is 0.0610. The van der Waals surface area contributed by atoms with E-state index in [0.29, 0.717) is 24.0 Å². The largest absolute Gasteiger partial charge is 0.493 e. The molecule has 0 fully saturated rings. The fourth-order valence-electron chi connectivity index (χ4n) is 9.01. The van der Waals surface area contributed by atoms with Crippen LogP contribution in [0.25, 0.3) is 0 Å². The molecule has 4 heterocycles. The van der Waals surface area contributed by atoms with Crippen LogP contribution in [0, 0.1) is 0 Å². The number of amides is 4. The van der Waals surface area contributed by atoms with E-state index in [-0.39, 0.29) is 100 Å². The normalized spacial score (nSPS) is 19.5. The summed E-state index contributed by atoms with van der Waals surface area (Å²) < 4.78 is 47.9. The first-order valence-corrected chi connectivity index (χ1v) is 26.3. The maximum absolute atomic E-state index is 14.6. The number of hydrogen-bond acceptors (Lipinski definition) is 13. The lowest BCUT2D eigenvalue weighted by Crippen LogP contribution is -2.57. The van der Waals surface area contributed by atoms with Crippen LogP contribution in [0.1, 0.15) is 96.6 Å². The highest BCUT2D eigenvalue weighted by Crippen LogP contribution is 2.47. The first-order valence-electron chi connectivity index (χ1n) is 23.4. The summed E-state index contributed by atoms with van der Waals surface area (Å²) in [6.45, 7) is 23.3. The van der Waals surface area contributed by atoms with Crippen molar-refractivity contribution in [3.63, 3.8) is 0 Å². The van der Waals surface area contributed by atoms with Gasteiger partial charge in [0, 0.05) is 24.5 Å². The molecule has 4 aliphatic heterocycles. The van der Waals surface area contributed by atoms with Gasteiger partial charge >= 0.3 is 18.2 Å². The predicted molar refractivity (Wildman–Crippen MR) is 269 cm³/mol. The van der Waals surface area contributed by atoms with Crippen molar-refractivity contribution in [2.75, 3.05) is 44.3 Å². The second-order valence-corrected chi connectivity index (χ2v) is 24.3. The SMILES string of the molecule is C=CCOC(=O)N1c2cc(OCc3cc(COc4cc5c(cc4OC)C(=O)N4C=C(C)C[C@H]4[C@H](O[Si](C)(C)C(C)(C)C)N5C(=O)OCC=C)cc(C(=O)OC)c3)c(OC)cc2C(=O)N2C=C(C)C[C@H]2[C@@H]1C. The van der Waals surface area contributed by atoms with E-state index in [1.54, 1.807) is 64.7 Å². The Labute approximate surface area is 416 Å². The van der Waals surface area contributed by atoms with E-state index in [9.17, 15) is 24.0 Å². The summed E-state index contributed by atoms with van der Waals surface area (Å²) in [5.41, 5.74) is 4.07. The number of esters is 1. The van der Waals surface area contributed by atoms with Gasteiger partial charge in [-0.05, 0) is 93.2 Å². The summed E-state index contributed by atoms with van der Waals surface area (Å²) in [5, 5.41) is -0.256. The zero-order valence-corrected chi connectivity index (χ0v) is 43.4. The molecule has 7 rings (SSSR count). The van der Waals surface area contributed by atoms with Crippen molar-refractivity contribution in [2.45, 2.75) is 110 Å². The van der Waals surface area contributed by atoms with Gasteiger partial charge in [0.25, 0.3) is 11.8 Å². The molecule has 4 aliphatic rings. The van der Waals surface area contributed by atoms with E-state index >= 15 is 0 Å². The maximum Gasteiger partial charge on any atom is 0.416 e. The third kappa shape index (κ3) is 10.3. The van der Waals surface area contributed by atoms with E-state index in [0.717, 1.165) is 11.1 Å². The highest BCUT2D eigenvalue weighted by atomic mass is 28.4. The van der Waals surface area contributed by atoms with Gasteiger partial charge in [-0.25, -0.2) is 19.3 Å². The van der Waals surface area contributed by atoms with Gasteiger partial charge in [0.2, 0.25) is 0 Å². The molecule has 0 saturated carbocycles. The third-order valence-corrected chi connectivity index (χ3v) is 18.0. The lowest BCUT2D eigenvalue weighted by atomic mass is 10.0. The molecule has 0 spiro atoms. The van der Waals surface area contributed by atoms with Crippen LogP contribution in [-0.4, -0.2) is 107 Å². The highest BCUT2D eigenvalue weighted by molar-refractivity contribution is 6.74. The Balaban J connectivity index is 1.24. The number of methoxy groups -OCH3 is 3. The number of nitrogens with zero attached hydrogens (tertiary/aromatic N) is 4. The fourth-order valence-corrected chi connectivity index (χ4v) is 10.2. The van der Waals surface area contributed by atoms with Crippen LogP contribution < -0.4 is 28.7 Å². The monoisotopic (exact) mass is 992 g/mol. The Kier molecular flexibility index (Phi) is 15.1. The van der Waals surface area contributed by atoms with Gasteiger partial charge < -0.3 is 47.4 Å². The number of benzene rings is 3. The minimum Gasteiger partial charge on any atom is -0.493 e. The van der Waals surface area contributed by atoms with Crippen molar-refractivity contribution in [1.29, 1.82) is 0 Å². The van der Waals surface area contributed by atoms with E-state index in [2.05, 4.69) is 47.0 Å². The number of rotatable bonds is 15. The Morgan fingerprint density at radius 2 is 1.15 bits per heavy atom. The molecular weight excluding hydrogens is 929 g/mol. The highest BCUT2D eigenvalue weighted by Gasteiger charge is 2.51. The molecule has 4 amide bonds. The Morgan fingerprint density at radius 1 is 0.690 bits per heavy atom. The summed E-state index contributed by atoms with van der Waals surface area (Å²) in [7, 11) is 1.55. The van der Waals surface area contributed by atoms with Crippen molar-refractivity contribution in [1.82, 2.24) is 9.80 Å². The van der Waals surface area contributed by atoms with Gasteiger partial charge in [-0.2, -0.15) is 0 Å². The number of carbonyl (C=O) groups is 5. The Hall–Kier alpha value is -7.05. The van der Waals surface area contributed by atoms with Crippen molar-refractivity contribution in [2.24, 2.45) is 0 Å². The fraction of sp³-hybridized carbons (Fsp3) is 0.415. The van der Waals surface area contributed by atoms with Gasteiger partial charge in [0.15, 0.2) is 37.5 Å². The average molecular weight is 993 g/mol. The van der Waals surface area contributed by atoms with Crippen molar-refractivity contribution < 1.29 is 61.6 Å². The minimum atomic E-state index is -2.62. The summed E-state index contributed by atoms with van der Waals surface area (Å²) in [4.78, 5) is 76.1. The van der Waals surface area contributed by atoms with E-state index in [1.807, 2.05) is 20.8 Å². The van der Waals surface area contributed by atoms with Gasteiger partial charge in [-0.15, -0.1) is 0 Å². The number of ether oxygens (including phenoxy) is 7. The van der Waals surface area contributed by atoms with Crippen LogP contribution in [0.5, 0.6) is 23.0 Å². The molecule has 0 aromatic heterocycles. The molecule has 378 valence electrons. The molecule has 0 aliphatic carbocycles. The Bertz CT molecular complexity index is 2710. The van der Waals surface area contributed by atoms with Crippen LogP contribution in [0.15, 0.2) is 91.3 Å². The molecule has 71 heavy (non-hydrogen) atoms. The number of hydrogen-bond donors (Lipinski definition) is 0. The minimum absolute atomic E-state index is 0.0369. The predicted octanol–water partition coefficient (Wildman–Crippen LogP) is 9.91. The summed E-state index contributed by atoms with van der Waals surface area (Å²) in [5.74, 6) is -0.443. The molecule has 0 saturated heterocycles. The van der Waals surface area contributed by atoms with Gasteiger partial charge in [0.05, 0.1) is 67.5 Å². The van der Waals surface area contributed by atoms with Crippen LogP contribution in [0.3, 0.4) is 0 Å². The smallest absolute Gasteiger partial charge is 0.416 e. The van der Waals surface area contributed by atoms with Crippen molar-refractivity contribution in [3.05, 3.63) is 119 Å². The molecule has 0 unspecified atom stereocenters. The average Bonchev–Trinajstić information content (AvgIpc) is 3.90. The third-order valence-electron chi connectivity index (χ3n) is 13.6. The van der Waals surface area contributed by atoms with Crippen LogP contribution in [0.4, 0.5) is 21.0 Å². The standard InChI is InChI=1S/C53H64N4O13Si/c1-14-16-66-51(61)56-33(5)39-18-31(3)27-54(39)47(58)37-23-43(63-9)45(25-40(37)56)68-29-34-20-35(22-36(21-34)50(60)65-11)30-69-46-26-41-38(24-44(46)64-10)48(59)55-28-32(4)19-42(55)49(57(41)52(62)67-17-15-2)70-71(12,13)53(6,7)8/h14-15,20-28,33,39,42,49H,1-2,16-19,29-30H2,3-13H3/t33-,39-,42-,49-/m0/s1. The molecule has 3 aromatic carbocycles. The summed E-state index contributed by atoms with van der Waals surface area (Å²) in [6, 6.07) is 9.87. The van der Waals surface area contributed by atoms with E-state index < -0.39 is 44.8 Å². The zero-order valence-electron chi connectivity index (χ0n) is 42.4. The topological polar surface area (TPSA) is 172 Å². The second kappa shape index (κ2) is 20.7. The Morgan fingerprint density at radius 3 is 1.62 bits per heavy atom. The zero-order chi connectivity index (χ0) is 51.7. The van der Waals surface area contributed by atoms with Gasteiger partial charge in [0.1, 0.15) is 26.4 Å². The van der Waals surface area contributed by atoms with Gasteiger partial charge in [-0.1, -0.05) is 57.2 Å². The number of anilines is 2. The van der Waals surface area contributed by atoms with Crippen LogP contribution in [0.2, 0.25) is 18.1 Å². The lowest BCUT2D eigenvalue weighted by Gasteiger charge is -2.44. The van der Waals surface area contributed by atoms with E-state index in [4.69, 9.17) is 37.6 Å². The van der Waals surface area contributed by atoms with E-state index in [1.165, 1.54) is 43.3 Å². The van der Waals surface area contributed by atoms with Gasteiger partial charge in [-0.3, -0.25) is 14.5 Å². The molecule has 18 heteroatoms. The molecule has 0 bridgehead atoms. The van der Waals surface area contributed by atoms with Crippen LogP contribution in [-0.2, 0) is 31.9 Å². The first-order chi connectivity index (χ1) is 33.7. The molecule has 17 nitrogen and oxygen atoms in total. The second-order valence-electron chi connectivity index (χ2n) is 19.5. The molecule has 3 aromatic rings. The molecular formula is C53H64N4O13Si. The first kappa shape index (κ1) is 51.8. The lowest BCUT2D eigenvalue weighted by molar-refractivity contribution is 0.0588. The summed E-state index contributed by atoms with van der Waals surface area (Å²) in [6.07, 6.45) is 5.24. The number of fused-ring (bicyclic) bond motifs is 4. The van der Waals surface area contributed by atoms with Crippen LogP contribution >= 0.6 is 0 Å². The van der Waals surface area contributed by atoms with Crippen molar-refractivity contribution in [3.8, 4) is 23.0 Å².